The van der Waals surface area contributed by atoms with Crippen LogP contribution in [0.3, 0.4) is 0 Å². The van der Waals surface area contributed by atoms with Gasteiger partial charge in [-0.3, -0.25) is 0 Å². The number of fused-ring (bicyclic) bond motifs is 3. The second kappa shape index (κ2) is 14.4. The van der Waals surface area contributed by atoms with E-state index in [1.807, 2.05) is 6.07 Å². The molecule has 1 aromatic heterocycles. The average molecular weight is 716 g/mol. The molecule has 10 aromatic rings. The number of benzene rings is 9. The van der Waals surface area contributed by atoms with E-state index in [4.69, 9.17) is 4.42 Å². The standard InChI is InChI=1S/C54H37NO/c1-5-16-38(17-6-1)39-28-32-45(33-29-39)55(52-26-15-25-48-47-24-13-14-27-53(47)56-54(48)52)51-35-31-44(37-50(51)42-22-11-4-12-23-42)43-30-34-46(40-18-7-2-8-19-40)49(36-43)41-20-9-3-10-21-41/h1-37H. The number of nitrogens with zero attached hydrogens (tertiary/aromatic N) is 1. The number of para-hydroxylation sites is 2. The van der Waals surface area contributed by atoms with Crippen LogP contribution in [0.25, 0.3) is 77.6 Å². The highest BCUT2D eigenvalue weighted by atomic mass is 16.3. The normalized spacial score (nSPS) is 11.2. The van der Waals surface area contributed by atoms with E-state index < -0.39 is 0 Å². The smallest absolute Gasteiger partial charge is 0.159 e. The summed E-state index contributed by atoms with van der Waals surface area (Å²) in [6.45, 7) is 0. The van der Waals surface area contributed by atoms with Crippen LogP contribution in [0.2, 0.25) is 0 Å². The molecule has 0 aliphatic rings. The fraction of sp³-hybridized carbons (Fsp3) is 0. The molecule has 0 aliphatic heterocycles. The van der Waals surface area contributed by atoms with Crippen molar-refractivity contribution in [2.24, 2.45) is 0 Å². The lowest BCUT2D eigenvalue weighted by molar-refractivity contribution is 0.669. The number of hydrogen-bond acceptors (Lipinski definition) is 2. The van der Waals surface area contributed by atoms with Crippen molar-refractivity contribution in [3.8, 4) is 55.6 Å². The third kappa shape index (κ3) is 6.14. The van der Waals surface area contributed by atoms with E-state index in [0.717, 1.165) is 61.3 Å². The fourth-order valence-electron chi connectivity index (χ4n) is 7.96. The monoisotopic (exact) mass is 715 g/mol. The Hall–Kier alpha value is -7.42. The van der Waals surface area contributed by atoms with E-state index in [0.29, 0.717) is 0 Å². The van der Waals surface area contributed by atoms with E-state index in [-0.39, 0.29) is 0 Å². The lowest BCUT2D eigenvalue weighted by atomic mass is 9.90. The second-order valence-electron chi connectivity index (χ2n) is 14.1. The van der Waals surface area contributed by atoms with E-state index in [9.17, 15) is 0 Å². The first kappa shape index (κ1) is 33.2. The molecular weight excluding hydrogens is 679 g/mol. The Morgan fingerprint density at radius 2 is 0.768 bits per heavy atom. The number of anilines is 3. The van der Waals surface area contributed by atoms with Crippen LogP contribution in [0, 0.1) is 0 Å². The van der Waals surface area contributed by atoms with Gasteiger partial charge in [-0.2, -0.15) is 0 Å². The van der Waals surface area contributed by atoms with Crippen molar-refractivity contribution in [2.45, 2.75) is 0 Å². The first-order chi connectivity index (χ1) is 27.8. The Kier molecular flexibility index (Phi) is 8.55. The van der Waals surface area contributed by atoms with Gasteiger partial charge in [0.25, 0.3) is 0 Å². The van der Waals surface area contributed by atoms with E-state index >= 15 is 0 Å². The van der Waals surface area contributed by atoms with Gasteiger partial charge in [0.05, 0.1) is 11.4 Å². The number of rotatable bonds is 8. The largest absolute Gasteiger partial charge is 0.454 e. The molecule has 0 N–H and O–H groups in total. The van der Waals surface area contributed by atoms with Gasteiger partial charge in [-0.1, -0.05) is 182 Å². The molecule has 0 atom stereocenters. The van der Waals surface area contributed by atoms with Gasteiger partial charge in [-0.25, -0.2) is 0 Å². The van der Waals surface area contributed by atoms with Crippen molar-refractivity contribution in [3.63, 3.8) is 0 Å². The fourth-order valence-corrected chi connectivity index (χ4v) is 7.96. The van der Waals surface area contributed by atoms with Crippen LogP contribution < -0.4 is 4.90 Å². The van der Waals surface area contributed by atoms with Crippen LogP contribution in [-0.4, -0.2) is 0 Å². The van der Waals surface area contributed by atoms with E-state index in [1.165, 1.54) is 33.4 Å². The number of hydrogen-bond donors (Lipinski definition) is 0. The van der Waals surface area contributed by atoms with Crippen molar-refractivity contribution in [2.75, 3.05) is 4.90 Å². The molecule has 9 aromatic carbocycles. The van der Waals surface area contributed by atoms with Gasteiger partial charge >= 0.3 is 0 Å². The molecule has 0 aliphatic carbocycles. The van der Waals surface area contributed by atoms with Gasteiger partial charge in [0.15, 0.2) is 5.58 Å². The van der Waals surface area contributed by atoms with Crippen molar-refractivity contribution >= 4 is 39.0 Å². The van der Waals surface area contributed by atoms with Crippen molar-refractivity contribution in [3.05, 3.63) is 224 Å². The van der Waals surface area contributed by atoms with Crippen LogP contribution in [0.5, 0.6) is 0 Å². The van der Waals surface area contributed by atoms with Crippen molar-refractivity contribution in [1.82, 2.24) is 0 Å². The molecule has 1 heterocycles. The third-order valence-electron chi connectivity index (χ3n) is 10.7. The maximum absolute atomic E-state index is 6.70. The molecule has 0 radical (unpaired) electrons. The highest BCUT2D eigenvalue weighted by Gasteiger charge is 2.23. The zero-order valence-electron chi connectivity index (χ0n) is 30.7. The lowest BCUT2D eigenvalue weighted by Gasteiger charge is -2.28. The summed E-state index contributed by atoms with van der Waals surface area (Å²) in [4.78, 5) is 2.36. The zero-order chi connectivity index (χ0) is 37.3. The summed E-state index contributed by atoms with van der Waals surface area (Å²) < 4.78 is 6.70. The highest BCUT2D eigenvalue weighted by molar-refractivity contribution is 6.11. The summed E-state index contributed by atoms with van der Waals surface area (Å²) in [6, 6.07) is 80.0. The molecule has 0 spiro atoms. The third-order valence-corrected chi connectivity index (χ3v) is 10.7. The van der Waals surface area contributed by atoms with Gasteiger partial charge in [0, 0.05) is 22.0 Å². The minimum absolute atomic E-state index is 0.855. The van der Waals surface area contributed by atoms with Gasteiger partial charge < -0.3 is 9.32 Å². The summed E-state index contributed by atoms with van der Waals surface area (Å²) in [5, 5.41) is 2.20. The highest BCUT2D eigenvalue weighted by Crippen LogP contribution is 2.47. The summed E-state index contributed by atoms with van der Waals surface area (Å²) in [7, 11) is 0. The summed E-state index contributed by atoms with van der Waals surface area (Å²) in [6.07, 6.45) is 0. The Balaban J connectivity index is 1.18. The number of furan rings is 1. The second-order valence-corrected chi connectivity index (χ2v) is 14.1. The maximum atomic E-state index is 6.70. The molecule has 10 rings (SSSR count). The van der Waals surface area contributed by atoms with Crippen molar-refractivity contribution in [1.29, 1.82) is 0 Å². The predicted molar refractivity (Wildman–Crippen MR) is 236 cm³/mol. The average Bonchev–Trinajstić information content (AvgIpc) is 3.67. The molecule has 0 amide bonds. The molecule has 264 valence electrons. The van der Waals surface area contributed by atoms with Gasteiger partial charge in [-0.05, 0) is 92.5 Å². The van der Waals surface area contributed by atoms with Gasteiger partial charge in [-0.15, -0.1) is 0 Å². The van der Waals surface area contributed by atoms with Crippen LogP contribution in [0.15, 0.2) is 229 Å². The molecule has 0 bridgehead atoms. The van der Waals surface area contributed by atoms with Crippen LogP contribution in [0.1, 0.15) is 0 Å². The molecule has 2 heteroatoms. The summed E-state index contributed by atoms with van der Waals surface area (Å²) in [5.41, 5.74) is 16.5. The first-order valence-corrected chi connectivity index (χ1v) is 19.1. The van der Waals surface area contributed by atoms with E-state index in [2.05, 4.69) is 223 Å². The van der Waals surface area contributed by atoms with Crippen LogP contribution in [0.4, 0.5) is 17.1 Å². The minimum Gasteiger partial charge on any atom is -0.454 e. The maximum Gasteiger partial charge on any atom is 0.159 e. The molecule has 2 nitrogen and oxygen atoms in total. The van der Waals surface area contributed by atoms with Crippen LogP contribution in [-0.2, 0) is 0 Å². The van der Waals surface area contributed by atoms with Gasteiger partial charge in [0.1, 0.15) is 5.58 Å². The Bertz CT molecular complexity index is 2930. The summed E-state index contributed by atoms with van der Waals surface area (Å²) >= 11 is 0. The Morgan fingerprint density at radius 1 is 0.286 bits per heavy atom. The molecule has 0 fully saturated rings. The van der Waals surface area contributed by atoms with Crippen molar-refractivity contribution < 1.29 is 4.42 Å². The molecular formula is C54H37NO. The van der Waals surface area contributed by atoms with E-state index in [1.54, 1.807) is 0 Å². The zero-order valence-corrected chi connectivity index (χ0v) is 30.7. The Labute approximate surface area is 327 Å². The quantitative estimate of drug-likeness (QED) is 0.156. The molecule has 56 heavy (non-hydrogen) atoms. The van der Waals surface area contributed by atoms with Gasteiger partial charge in [0.2, 0.25) is 0 Å². The minimum atomic E-state index is 0.855. The first-order valence-electron chi connectivity index (χ1n) is 19.1. The summed E-state index contributed by atoms with van der Waals surface area (Å²) in [5.74, 6) is 0. The SMILES string of the molecule is c1ccc(-c2ccc(N(c3ccc(-c4ccc(-c5ccccc5)c(-c5ccccc5)c4)cc3-c3ccccc3)c3cccc4c3oc3ccccc34)cc2)cc1. The predicted octanol–water partition coefficient (Wildman–Crippen LogP) is 15.4. The Morgan fingerprint density at radius 3 is 1.43 bits per heavy atom. The molecule has 0 unspecified atom stereocenters. The lowest BCUT2D eigenvalue weighted by Crippen LogP contribution is -2.11. The molecule has 0 saturated heterocycles. The topological polar surface area (TPSA) is 16.4 Å². The molecule has 0 saturated carbocycles. The van der Waals surface area contributed by atoms with Crippen LogP contribution >= 0.6 is 0 Å².